The molecule has 3 aromatic rings. The summed E-state index contributed by atoms with van der Waals surface area (Å²) in [6.07, 6.45) is 14.4. The highest BCUT2D eigenvalue weighted by Crippen LogP contribution is 2.21. The van der Waals surface area contributed by atoms with E-state index in [1.807, 2.05) is 24.5 Å². The quantitative estimate of drug-likeness (QED) is 0.511. The van der Waals surface area contributed by atoms with Crippen LogP contribution in [0, 0.1) is 0 Å². The Kier molecular flexibility index (Phi) is 9.66. The molecule has 29 heavy (non-hydrogen) atoms. The van der Waals surface area contributed by atoms with Crippen LogP contribution in [-0.4, -0.2) is 33.9 Å². The van der Waals surface area contributed by atoms with E-state index in [2.05, 4.69) is 31.3 Å². The molecule has 3 aromatic heterocycles. The first-order valence-corrected chi connectivity index (χ1v) is 10.5. The molecule has 4 rings (SSSR count). The highest BCUT2D eigenvalue weighted by Gasteiger charge is 2.09. The van der Waals surface area contributed by atoms with Crippen LogP contribution < -0.4 is 20.6 Å². The average Bonchev–Trinajstić information content (AvgIpc) is 3.16. The summed E-state index contributed by atoms with van der Waals surface area (Å²) in [7, 11) is 2.62. The summed E-state index contributed by atoms with van der Waals surface area (Å²) in [6.45, 7) is 0.611. The molecule has 0 saturated heterocycles. The third kappa shape index (κ3) is 6.86. The molecule has 1 fully saturated rings. The number of halogens is 1. The lowest BCUT2D eigenvalue weighted by Crippen LogP contribution is -2.40. The lowest BCUT2D eigenvalue weighted by Gasteiger charge is -2.08. The van der Waals surface area contributed by atoms with Crippen LogP contribution in [0.3, 0.4) is 0 Å². The fraction of sp³-hybridized carbons (Fsp3) is 0.450. The number of aliphatic hydroxyl groups excluding tert-OH is 1. The number of aliphatic hydroxyl groups is 1. The molecule has 0 aromatic carbocycles. The van der Waals surface area contributed by atoms with Crippen molar-refractivity contribution in [3.63, 3.8) is 0 Å². The SMILES string of the molecule is C1CCCCC1.CO.CO[n+]1cccc(CNc2cc(N)nc3c(Br)cnn23)c1. The number of nitrogens with one attached hydrogen (secondary N) is 1. The Morgan fingerprint density at radius 1 is 1.24 bits per heavy atom. The maximum atomic E-state index is 7.00. The number of nitrogen functional groups attached to an aromatic ring is 1. The molecule has 0 bridgehead atoms. The van der Waals surface area contributed by atoms with E-state index in [-0.39, 0.29) is 0 Å². The summed E-state index contributed by atoms with van der Waals surface area (Å²) in [5.74, 6) is 1.21. The van der Waals surface area contributed by atoms with Gasteiger partial charge >= 0.3 is 0 Å². The zero-order chi connectivity index (χ0) is 21.1. The van der Waals surface area contributed by atoms with Gasteiger partial charge in [-0.25, -0.2) is 4.98 Å². The second-order valence-electron chi connectivity index (χ2n) is 6.52. The third-order valence-electron chi connectivity index (χ3n) is 4.47. The van der Waals surface area contributed by atoms with Crippen molar-refractivity contribution in [2.45, 2.75) is 45.1 Å². The molecular formula is C20H30BrN6O2+. The predicted octanol–water partition coefficient (Wildman–Crippen LogP) is 2.98. The first-order valence-electron chi connectivity index (χ1n) is 9.70. The summed E-state index contributed by atoms with van der Waals surface area (Å²) in [5, 5.41) is 14.6. The van der Waals surface area contributed by atoms with Gasteiger partial charge in [0.05, 0.1) is 10.7 Å². The number of aromatic nitrogens is 4. The van der Waals surface area contributed by atoms with Gasteiger partial charge in [0.1, 0.15) is 18.7 Å². The molecular weight excluding hydrogens is 436 g/mol. The Labute approximate surface area is 179 Å². The van der Waals surface area contributed by atoms with Gasteiger partial charge in [0.15, 0.2) is 5.65 Å². The van der Waals surface area contributed by atoms with E-state index in [1.54, 1.807) is 28.6 Å². The van der Waals surface area contributed by atoms with Crippen molar-refractivity contribution in [1.29, 1.82) is 0 Å². The van der Waals surface area contributed by atoms with Crippen LogP contribution in [0.4, 0.5) is 11.6 Å². The van der Waals surface area contributed by atoms with E-state index in [4.69, 9.17) is 15.7 Å². The number of nitrogens with zero attached hydrogens (tertiary/aromatic N) is 4. The largest absolute Gasteiger partial charge is 0.400 e. The smallest absolute Gasteiger partial charge is 0.227 e. The number of hydrogen-bond acceptors (Lipinski definition) is 6. The Balaban J connectivity index is 0.000000317. The topological polar surface area (TPSA) is 102 Å². The zero-order valence-corrected chi connectivity index (χ0v) is 18.6. The minimum atomic E-state index is 0.436. The zero-order valence-electron chi connectivity index (χ0n) is 17.0. The second kappa shape index (κ2) is 12.2. The van der Waals surface area contributed by atoms with Crippen molar-refractivity contribution in [2.24, 2.45) is 0 Å². The summed E-state index contributed by atoms with van der Waals surface area (Å²) in [5.41, 5.74) is 7.57. The van der Waals surface area contributed by atoms with Gasteiger partial charge in [0.2, 0.25) is 12.4 Å². The standard InChI is InChI=1S/C13H14BrN6O.C6H12.CH4O/c1-21-19-4-2-3-9(8-19)6-16-12-5-11(15)18-13-10(14)7-17-20(12)13;1-2-4-6-5-3-1;1-2/h2-5,7-8,16H,6H2,1H3,(H2,15,18);1-6H2;2H,1H3/q+1;;. The number of anilines is 2. The van der Waals surface area contributed by atoms with Crippen LogP contribution in [-0.2, 0) is 6.54 Å². The maximum Gasteiger partial charge on any atom is 0.227 e. The molecule has 9 heteroatoms. The van der Waals surface area contributed by atoms with Gasteiger partial charge < -0.3 is 16.2 Å². The van der Waals surface area contributed by atoms with E-state index >= 15 is 0 Å². The average molecular weight is 466 g/mol. The number of pyridine rings is 1. The molecule has 1 saturated carbocycles. The monoisotopic (exact) mass is 465 g/mol. The molecule has 4 N–H and O–H groups in total. The minimum Gasteiger partial charge on any atom is -0.400 e. The van der Waals surface area contributed by atoms with Crippen LogP contribution >= 0.6 is 15.9 Å². The minimum absolute atomic E-state index is 0.436. The maximum absolute atomic E-state index is 7.00. The van der Waals surface area contributed by atoms with Gasteiger partial charge in [-0.2, -0.15) is 9.61 Å². The summed E-state index contributed by atoms with van der Waals surface area (Å²) < 4.78 is 4.14. The Morgan fingerprint density at radius 2 is 1.90 bits per heavy atom. The van der Waals surface area contributed by atoms with Crippen molar-refractivity contribution in [3.8, 4) is 0 Å². The van der Waals surface area contributed by atoms with Crippen LogP contribution in [0.1, 0.15) is 44.1 Å². The summed E-state index contributed by atoms with van der Waals surface area (Å²) >= 11 is 3.40. The number of hydrogen-bond donors (Lipinski definition) is 3. The van der Waals surface area contributed by atoms with Crippen molar-refractivity contribution in [1.82, 2.24) is 14.6 Å². The van der Waals surface area contributed by atoms with Crippen molar-refractivity contribution < 1.29 is 14.7 Å². The van der Waals surface area contributed by atoms with Gasteiger partial charge in [-0.15, -0.1) is 0 Å². The predicted molar refractivity (Wildman–Crippen MR) is 117 cm³/mol. The summed E-state index contributed by atoms with van der Waals surface area (Å²) in [4.78, 5) is 9.38. The van der Waals surface area contributed by atoms with Crippen LogP contribution in [0.5, 0.6) is 0 Å². The van der Waals surface area contributed by atoms with Crippen molar-refractivity contribution in [2.75, 3.05) is 25.3 Å². The van der Waals surface area contributed by atoms with E-state index in [0.29, 0.717) is 18.0 Å². The summed E-state index contributed by atoms with van der Waals surface area (Å²) in [6, 6.07) is 5.67. The van der Waals surface area contributed by atoms with Gasteiger partial charge in [-0.1, -0.05) is 38.5 Å². The highest BCUT2D eigenvalue weighted by molar-refractivity contribution is 9.10. The number of rotatable bonds is 4. The molecule has 1 aliphatic rings. The molecule has 0 aliphatic heterocycles. The van der Waals surface area contributed by atoms with Crippen LogP contribution in [0.25, 0.3) is 5.65 Å². The van der Waals surface area contributed by atoms with Crippen molar-refractivity contribution in [3.05, 3.63) is 46.8 Å². The lowest BCUT2D eigenvalue weighted by molar-refractivity contribution is -0.885. The van der Waals surface area contributed by atoms with Crippen LogP contribution in [0.15, 0.2) is 41.3 Å². The highest BCUT2D eigenvalue weighted by atomic mass is 79.9. The Morgan fingerprint density at radius 3 is 2.52 bits per heavy atom. The van der Waals surface area contributed by atoms with E-state index in [9.17, 15) is 0 Å². The lowest BCUT2D eigenvalue weighted by atomic mass is 10.0. The van der Waals surface area contributed by atoms with Gasteiger partial charge in [0, 0.05) is 36.1 Å². The molecule has 0 unspecified atom stereocenters. The van der Waals surface area contributed by atoms with E-state index < -0.39 is 0 Å². The molecule has 3 heterocycles. The van der Waals surface area contributed by atoms with Gasteiger partial charge in [-0.3, -0.25) is 4.84 Å². The fourth-order valence-corrected chi connectivity index (χ4v) is 3.40. The molecule has 1 aliphatic carbocycles. The van der Waals surface area contributed by atoms with Gasteiger partial charge in [0.25, 0.3) is 0 Å². The molecule has 0 amide bonds. The fourth-order valence-electron chi connectivity index (χ4n) is 3.05. The Hall–Kier alpha value is -2.39. The normalized spacial score (nSPS) is 13.0. The molecule has 0 atom stereocenters. The van der Waals surface area contributed by atoms with Gasteiger partial charge in [-0.05, 0) is 22.0 Å². The van der Waals surface area contributed by atoms with E-state index in [0.717, 1.165) is 23.0 Å². The molecule has 0 spiro atoms. The number of fused-ring (bicyclic) bond motifs is 1. The second-order valence-corrected chi connectivity index (χ2v) is 7.38. The van der Waals surface area contributed by atoms with E-state index in [1.165, 1.54) is 38.5 Å². The molecule has 158 valence electrons. The molecule has 0 radical (unpaired) electrons. The van der Waals surface area contributed by atoms with Crippen molar-refractivity contribution >= 4 is 33.2 Å². The molecule has 8 nitrogen and oxygen atoms in total. The first kappa shape index (κ1) is 22.9. The first-order chi connectivity index (χ1) is 14.2. The number of nitrogens with two attached hydrogens (primary N) is 1. The third-order valence-corrected chi connectivity index (χ3v) is 5.03. The Bertz CT molecular complexity index is 871. The van der Waals surface area contributed by atoms with Crippen LogP contribution in [0.2, 0.25) is 0 Å².